The molecule has 0 saturated carbocycles. The van der Waals surface area contributed by atoms with Gasteiger partial charge in [-0.25, -0.2) is 0 Å². The predicted molar refractivity (Wildman–Crippen MR) is 136 cm³/mol. The maximum absolute atomic E-state index is 11.9. The van der Waals surface area contributed by atoms with Gasteiger partial charge in [0, 0.05) is 36.2 Å². The highest BCUT2D eigenvalue weighted by Crippen LogP contribution is 2.24. The first kappa shape index (κ1) is 25.3. The second kappa shape index (κ2) is 14.7. The molecule has 1 aliphatic rings. The molecule has 0 aliphatic carbocycles. The van der Waals surface area contributed by atoms with Gasteiger partial charge in [-0.15, -0.1) is 11.3 Å². The van der Waals surface area contributed by atoms with Gasteiger partial charge >= 0.3 is 0 Å². The van der Waals surface area contributed by atoms with E-state index in [4.69, 9.17) is 21.4 Å². The predicted octanol–water partition coefficient (Wildman–Crippen LogP) is 4.17. The highest BCUT2D eigenvalue weighted by Gasteiger charge is 2.11. The Labute approximate surface area is 205 Å². The summed E-state index contributed by atoms with van der Waals surface area (Å²) in [7, 11) is 0. The van der Waals surface area contributed by atoms with E-state index in [2.05, 4.69) is 32.3 Å². The van der Waals surface area contributed by atoms with Gasteiger partial charge in [0.1, 0.15) is 11.5 Å². The number of carbonyl (C=O) groups excluding carboxylic acids is 1. The third kappa shape index (κ3) is 10.4. The standard InChI is InChI=1S/C24H34N4O3S2/c29-23(9-6-11-26-24(32)27-17-20-8-7-15-30-20)25-10-2-5-14-31-21-16-22(33-19-21)18-28-12-3-1-4-13-28/h2,7-8,10,15-16,19H,1,3-6,9,11-14,17-18H2,(H,25,29)(H2,26,27,32)/b10-2-. The van der Waals surface area contributed by atoms with Gasteiger partial charge in [0.25, 0.3) is 0 Å². The molecule has 2 aromatic rings. The fourth-order valence-corrected chi connectivity index (χ4v) is 4.52. The molecule has 1 aliphatic heterocycles. The monoisotopic (exact) mass is 490 g/mol. The van der Waals surface area contributed by atoms with Crippen molar-refractivity contribution in [3.8, 4) is 5.75 Å². The number of nitrogens with zero attached hydrogens (tertiary/aromatic N) is 1. The average Bonchev–Trinajstić information content (AvgIpc) is 3.50. The molecule has 1 saturated heterocycles. The van der Waals surface area contributed by atoms with Gasteiger partial charge in [-0.2, -0.15) is 0 Å². The van der Waals surface area contributed by atoms with E-state index in [1.54, 1.807) is 23.8 Å². The Morgan fingerprint density at radius 3 is 2.97 bits per heavy atom. The first-order chi connectivity index (χ1) is 16.2. The first-order valence-corrected chi connectivity index (χ1v) is 12.9. The van der Waals surface area contributed by atoms with Crippen LogP contribution >= 0.6 is 23.6 Å². The molecule has 3 rings (SSSR count). The van der Waals surface area contributed by atoms with Crippen LogP contribution in [0.15, 0.2) is 46.5 Å². The molecule has 0 bridgehead atoms. The molecule has 0 aromatic carbocycles. The van der Waals surface area contributed by atoms with Crippen LogP contribution in [0.1, 0.15) is 49.2 Å². The number of ether oxygens (including phenoxy) is 1. The first-order valence-electron chi connectivity index (χ1n) is 11.6. The zero-order chi connectivity index (χ0) is 23.1. The van der Waals surface area contributed by atoms with Crippen LogP contribution in [-0.2, 0) is 17.9 Å². The Morgan fingerprint density at radius 2 is 2.15 bits per heavy atom. The topological polar surface area (TPSA) is 78.8 Å². The third-order valence-corrected chi connectivity index (χ3v) is 6.43. The van der Waals surface area contributed by atoms with Crippen molar-refractivity contribution in [1.82, 2.24) is 20.9 Å². The number of thiophene rings is 1. The summed E-state index contributed by atoms with van der Waals surface area (Å²) in [6, 6.07) is 5.87. The molecule has 0 radical (unpaired) electrons. The molecule has 3 heterocycles. The number of carbonyl (C=O) groups is 1. The largest absolute Gasteiger partial charge is 0.492 e. The summed E-state index contributed by atoms with van der Waals surface area (Å²) in [6.07, 6.45) is 11.1. The van der Waals surface area contributed by atoms with Crippen molar-refractivity contribution in [2.75, 3.05) is 26.2 Å². The van der Waals surface area contributed by atoms with Gasteiger partial charge in [0.05, 0.1) is 19.4 Å². The molecular weight excluding hydrogens is 456 g/mol. The number of hydrogen-bond donors (Lipinski definition) is 3. The van der Waals surface area contributed by atoms with Crippen LogP contribution in [0, 0.1) is 0 Å². The number of likely N-dealkylation sites (tertiary alicyclic amines) is 1. The molecule has 0 unspecified atom stereocenters. The summed E-state index contributed by atoms with van der Waals surface area (Å²) in [5, 5.41) is 11.6. The Morgan fingerprint density at radius 1 is 1.27 bits per heavy atom. The maximum atomic E-state index is 11.9. The number of amides is 1. The second-order valence-corrected chi connectivity index (χ2v) is 9.39. The Hall–Kier alpha value is -2.36. The van der Waals surface area contributed by atoms with E-state index in [0.29, 0.717) is 37.7 Å². The molecular formula is C24H34N4O3S2. The van der Waals surface area contributed by atoms with Gasteiger partial charge in [0.2, 0.25) is 5.91 Å². The van der Waals surface area contributed by atoms with Crippen LogP contribution in [0.25, 0.3) is 0 Å². The van der Waals surface area contributed by atoms with Crippen molar-refractivity contribution in [2.45, 2.75) is 51.6 Å². The zero-order valence-electron chi connectivity index (χ0n) is 19.0. The number of rotatable bonds is 13. The second-order valence-electron chi connectivity index (χ2n) is 7.98. The molecule has 1 amide bonds. The van der Waals surface area contributed by atoms with Crippen LogP contribution in [0.5, 0.6) is 5.75 Å². The molecule has 33 heavy (non-hydrogen) atoms. The summed E-state index contributed by atoms with van der Waals surface area (Å²) in [5.74, 6) is 1.75. The molecule has 0 spiro atoms. The zero-order valence-corrected chi connectivity index (χ0v) is 20.6. The molecule has 7 nitrogen and oxygen atoms in total. The highest BCUT2D eigenvalue weighted by atomic mass is 32.1. The van der Waals surface area contributed by atoms with Crippen LogP contribution in [-0.4, -0.2) is 42.2 Å². The van der Waals surface area contributed by atoms with Crippen molar-refractivity contribution in [1.29, 1.82) is 0 Å². The summed E-state index contributed by atoms with van der Waals surface area (Å²) < 4.78 is 11.1. The van der Waals surface area contributed by atoms with E-state index in [9.17, 15) is 4.79 Å². The summed E-state index contributed by atoms with van der Waals surface area (Å²) in [5.41, 5.74) is 0. The molecule has 9 heteroatoms. The highest BCUT2D eigenvalue weighted by molar-refractivity contribution is 7.80. The minimum atomic E-state index is -0.0105. The lowest BCUT2D eigenvalue weighted by atomic mass is 10.1. The smallest absolute Gasteiger partial charge is 0.223 e. The van der Waals surface area contributed by atoms with Crippen molar-refractivity contribution in [2.24, 2.45) is 0 Å². The maximum Gasteiger partial charge on any atom is 0.223 e. The van der Waals surface area contributed by atoms with Gasteiger partial charge in [-0.3, -0.25) is 9.69 Å². The van der Waals surface area contributed by atoms with Crippen LogP contribution in [0.4, 0.5) is 0 Å². The summed E-state index contributed by atoms with van der Waals surface area (Å²) in [6.45, 7) is 5.22. The van der Waals surface area contributed by atoms with E-state index in [-0.39, 0.29) is 5.91 Å². The van der Waals surface area contributed by atoms with Crippen molar-refractivity contribution >= 4 is 34.6 Å². The summed E-state index contributed by atoms with van der Waals surface area (Å²) in [4.78, 5) is 15.8. The normalized spacial score (nSPS) is 14.3. The Balaban J connectivity index is 1.17. The number of furan rings is 1. The van der Waals surface area contributed by atoms with E-state index < -0.39 is 0 Å². The Kier molecular flexibility index (Phi) is 11.3. The van der Waals surface area contributed by atoms with Gasteiger partial charge < -0.3 is 25.1 Å². The summed E-state index contributed by atoms with van der Waals surface area (Å²) >= 11 is 6.97. The lowest BCUT2D eigenvalue weighted by molar-refractivity contribution is -0.120. The van der Waals surface area contributed by atoms with E-state index >= 15 is 0 Å². The number of hydrogen-bond acceptors (Lipinski definition) is 6. The lowest BCUT2D eigenvalue weighted by Crippen LogP contribution is -2.35. The molecule has 3 N–H and O–H groups in total. The molecule has 180 valence electrons. The number of nitrogens with one attached hydrogen (secondary N) is 3. The van der Waals surface area contributed by atoms with Gasteiger partial charge in [-0.05, 0) is 69.0 Å². The third-order valence-electron chi connectivity index (χ3n) is 5.24. The quantitative estimate of drug-likeness (QED) is 0.287. The van der Waals surface area contributed by atoms with Crippen LogP contribution in [0.3, 0.4) is 0 Å². The van der Waals surface area contributed by atoms with Crippen molar-refractivity contribution in [3.63, 3.8) is 0 Å². The van der Waals surface area contributed by atoms with E-state index in [1.165, 1.54) is 37.2 Å². The van der Waals surface area contributed by atoms with Gasteiger partial charge in [-0.1, -0.05) is 12.5 Å². The molecule has 1 fully saturated rings. The number of piperidine rings is 1. The van der Waals surface area contributed by atoms with E-state index in [1.807, 2.05) is 18.2 Å². The SMILES string of the molecule is O=C(CCCNC(=S)NCc1ccco1)N/C=C\CCOc1csc(CN2CCCCC2)c1. The molecule has 2 aromatic heterocycles. The van der Waals surface area contributed by atoms with Crippen molar-refractivity contribution < 1.29 is 13.9 Å². The lowest BCUT2D eigenvalue weighted by Gasteiger charge is -2.25. The minimum absolute atomic E-state index is 0.0105. The fourth-order valence-electron chi connectivity index (χ4n) is 3.50. The van der Waals surface area contributed by atoms with Gasteiger partial charge in [0.15, 0.2) is 5.11 Å². The minimum Gasteiger partial charge on any atom is -0.492 e. The van der Waals surface area contributed by atoms with Crippen LogP contribution < -0.4 is 20.7 Å². The fraction of sp³-hybridized carbons (Fsp3) is 0.500. The number of thiocarbonyl (C=S) groups is 1. The Bertz CT molecular complexity index is 861. The van der Waals surface area contributed by atoms with E-state index in [0.717, 1.165) is 24.5 Å². The van der Waals surface area contributed by atoms with Crippen molar-refractivity contribution in [3.05, 3.63) is 52.8 Å². The van der Waals surface area contributed by atoms with Crippen LogP contribution in [0.2, 0.25) is 0 Å². The average molecular weight is 491 g/mol. The molecule has 0 atom stereocenters.